The van der Waals surface area contributed by atoms with E-state index in [0.29, 0.717) is 6.54 Å². The Morgan fingerprint density at radius 1 is 1.35 bits per heavy atom. The zero-order valence-corrected chi connectivity index (χ0v) is 12.2. The van der Waals surface area contributed by atoms with Crippen LogP contribution >= 0.6 is 12.4 Å². The van der Waals surface area contributed by atoms with Crippen molar-refractivity contribution in [1.29, 1.82) is 0 Å². The lowest BCUT2D eigenvalue weighted by atomic mass is 9.80. The average molecular weight is 263 g/mol. The maximum atomic E-state index is 12.4. The first-order valence-corrected chi connectivity index (χ1v) is 6.55. The molecule has 0 heterocycles. The molecule has 102 valence electrons. The Morgan fingerprint density at radius 2 is 1.88 bits per heavy atom. The monoisotopic (exact) mass is 262 g/mol. The Balaban J connectivity index is 0.00000256. The lowest BCUT2D eigenvalue weighted by Gasteiger charge is -2.36. The van der Waals surface area contributed by atoms with Crippen molar-refractivity contribution in [1.82, 2.24) is 4.90 Å². The van der Waals surface area contributed by atoms with E-state index in [1.807, 2.05) is 11.9 Å². The fourth-order valence-corrected chi connectivity index (χ4v) is 2.48. The van der Waals surface area contributed by atoms with Gasteiger partial charge in [0.25, 0.3) is 0 Å². The van der Waals surface area contributed by atoms with Gasteiger partial charge in [0, 0.05) is 20.1 Å². The second-order valence-corrected chi connectivity index (χ2v) is 5.17. The Morgan fingerprint density at radius 3 is 2.18 bits per heavy atom. The first-order valence-electron chi connectivity index (χ1n) is 6.55. The molecule has 1 aliphatic rings. The zero-order chi connectivity index (χ0) is 12.2. The second kappa shape index (κ2) is 7.22. The molecule has 1 saturated carbocycles. The summed E-state index contributed by atoms with van der Waals surface area (Å²) in [4.78, 5) is 14.3. The Labute approximate surface area is 112 Å². The molecule has 0 aliphatic heterocycles. The number of nitrogens with zero attached hydrogens (tertiary/aromatic N) is 1. The van der Waals surface area contributed by atoms with Crippen molar-refractivity contribution in [2.75, 3.05) is 20.1 Å². The highest BCUT2D eigenvalue weighted by molar-refractivity contribution is 5.85. The summed E-state index contributed by atoms with van der Waals surface area (Å²) in [6.07, 6.45) is 5.58. The van der Waals surface area contributed by atoms with Crippen LogP contribution in [-0.4, -0.2) is 30.9 Å². The van der Waals surface area contributed by atoms with Crippen molar-refractivity contribution in [3.8, 4) is 0 Å². The highest BCUT2D eigenvalue weighted by Crippen LogP contribution is 2.31. The molecule has 3 nitrogen and oxygen atoms in total. The first kappa shape index (κ1) is 16.7. The molecular weight excluding hydrogens is 236 g/mol. The molecule has 0 atom stereocenters. The van der Waals surface area contributed by atoms with E-state index in [1.54, 1.807) is 0 Å². The van der Waals surface area contributed by atoms with Crippen LogP contribution in [0.25, 0.3) is 0 Å². The van der Waals surface area contributed by atoms with Crippen molar-refractivity contribution in [3.63, 3.8) is 0 Å². The van der Waals surface area contributed by atoms with Gasteiger partial charge < -0.3 is 10.6 Å². The number of rotatable bonds is 6. The molecule has 17 heavy (non-hydrogen) atoms. The van der Waals surface area contributed by atoms with Gasteiger partial charge >= 0.3 is 0 Å². The molecule has 0 spiro atoms. The molecule has 1 aliphatic carbocycles. The van der Waals surface area contributed by atoms with Crippen molar-refractivity contribution >= 4 is 18.3 Å². The van der Waals surface area contributed by atoms with Crippen LogP contribution in [0, 0.1) is 11.3 Å². The van der Waals surface area contributed by atoms with E-state index in [2.05, 4.69) is 13.8 Å². The van der Waals surface area contributed by atoms with Crippen molar-refractivity contribution in [2.45, 2.75) is 46.0 Å². The Bertz CT molecular complexity index is 229. The minimum absolute atomic E-state index is 0. The van der Waals surface area contributed by atoms with E-state index < -0.39 is 0 Å². The highest BCUT2D eigenvalue weighted by Gasteiger charge is 2.36. The molecule has 0 bridgehead atoms. The molecule has 2 N–H and O–H groups in total. The topological polar surface area (TPSA) is 46.3 Å². The summed E-state index contributed by atoms with van der Waals surface area (Å²) in [5.41, 5.74) is 5.48. The molecule has 0 aromatic rings. The smallest absolute Gasteiger partial charge is 0.229 e. The molecule has 0 unspecified atom stereocenters. The van der Waals surface area contributed by atoms with Gasteiger partial charge in [0.15, 0.2) is 0 Å². The largest absolute Gasteiger partial charge is 0.345 e. The summed E-state index contributed by atoms with van der Waals surface area (Å²) in [5.74, 6) is 0.977. The van der Waals surface area contributed by atoms with Gasteiger partial charge in [0.05, 0.1) is 5.41 Å². The number of hydrogen-bond acceptors (Lipinski definition) is 2. The van der Waals surface area contributed by atoms with Gasteiger partial charge in [-0.2, -0.15) is 0 Å². The summed E-state index contributed by atoms with van der Waals surface area (Å²) in [6.45, 7) is 5.51. The van der Waals surface area contributed by atoms with Crippen molar-refractivity contribution < 1.29 is 4.79 Å². The predicted octanol–water partition coefficient (Wildman–Crippen LogP) is 2.43. The Hall–Kier alpha value is -0.280. The molecule has 1 rings (SSSR count). The lowest BCUT2D eigenvalue weighted by Crippen LogP contribution is -2.47. The highest BCUT2D eigenvalue weighted by atomic mass is 35.5. The fraction of sp³-hybridized carbons (Fsp3) is 0.923. The summed E-state index contributed by atoms with van der Waals surface area (Å²) >= 11 is 0. The number of amides is 1. The molecule has 1 amide bonds. The minimum atomic E-state index is -0.321. The summed E-state index contributed by atoms with van der Waals surface area (Å²) in [5, 5.41) is 0. The maximum Gasteiger partial charge on any atom is 0.229 e. The van der Waals surface area contributed by atoms with Crippen LogP contribution in [0.5, 0.6) is 0 Å². The third kappa shape index (κ3) is 3.59. The molecule has 1 fully saturated rings. The summed E-state index contributed by atoms with van der Waals surface area (Å²) in [6, 6.07) is 0. The molecule has 0 aromatic carbocycles. The van der Waals surface area contributed by atoms with Crippen LogP contribution in [0.3, 0.4) is 0 Å². The predicted molar refractivity (Wildman–Crippen MR) is 74.3 cm³/mol. The van der Waals surface area contributed by atoms with Crippen LogP contribution < -0.4 is 5.73 Å². The van der Waals surface area contributed by atoms with Crippen LogP contribution in [0.4, 0.5) is 0 Å². The number of carbonyl (C=O) groups excluding carboxylic acids is 1. The van der Waals surface area contributed by atoms with Gasteiger partial charge in [-0.15, -0.1) is 12.4 Å². The van der Waals surface area contributed by atoms with E-state index >= 15 is 0 Å². The molecule has 0 saturated heterocycles. The standard InChI is InChI=1S/C13H26N2O.ClH/c1-4-13(5-2,10-14)12(16)15(3)9-11-7-6-8-11;/h11H,4-10,14H2,1-3H3;1H. The third-order valence-electron chi connectivity index (χ3n) is 4.30. The number of halogens is 1. The van der Waals surface area contributed by atoms with Gasteiger partial charge in [-0.25, -0.2) is 0 Å². The fourth-order valence-electron chi connectivity index (χ4n) is 2.48. The van der Waals surface area contributed by atoms with Gasteiger partial charge in [-0.1, -0.05) is 20.3 Å². The lowest BCUT2D eigenvalue weighted by molar-refractivity contribution is -0.141. The van der Waals surface area contributed by atoms with Crippen molar-refractivity contribution in [3.05, 3.63) is 0 Å². The normalized spacial score (nSPS) is 16.0. The summed E-state index contributed by atoms with van der Waals surface area (Å²) < 4.78 is 0. The van der Waals surface area contributed by atoms with E-state index in [-0.39, 0.29) is 23.7 Å². The van der Waals surface area contributed by atoms with Gasteiger partial charge in [0.1, 0.15) is 0 Å². The summed E-state index contributed by atoms with van der Waals surface area (Å²) in [7, 11) is 1.93. The number of carbonyl (C=O) groups is 1. The number of hydrogen-bond donors (Lipinski definition) is 1. The van der Waals surface area contributed by atoms with E-state index in [4.69, 9.17) is 5.73 Å². The van der Waals surface area contributed by atoms with Crippen LogP contribution in [0.1, 0.15) is 46.0 Å². The Kier molecular flexibility index (Phi) is 7.10. The third-order valence-corrected chi connectivity index (χ3v) is 4.30. The van der Waals surface area contributed by atoms with Crippen LogP contribution in [0.15, 0.2) is 0 Å². The molecule has 0 radical (unpaired) electrons. The van der Waals surface area contributed by atoms with E-state index in [1.165, 1.54) is 19.3 Å². The zero-order valence-electron chi connectivity index (χ0n) is 11.4. The SMILES string of the molecule is CCC(CC)(CN)C(=O)N(C)CC1CCC1.Cl. The van der Waals surface area contributed by atoms with Gasteiger partial charge in [0.2, 0.25) is 5.91 Å². The molecule has 4 heteroatoms. The van der Waals surface area contributed by atoms with Gasteiger partial charge in [-0.05, 0) is 31.6 Å². The van der Waals surface area contributed by atoms with Crippen LogP contribution in [0.2, 0.25) is 0 Å². The van der Waals surface area contributed by atoms with Crippen molar-refractivity contribution in [2.24, 2.45) is 17.1 Å². The first-order chi connectivity index (χ1) is 7.59. The minimum Gasteiger partial charge on any atom is -0.345 e. The van der Waals surface area contributed by atoms with Crippen LogP contribution in [-0.2, 0) is 4.79 Å². The van der Waals surface area contributed by atoms with E-state index in [0.717, 1.165) is 25.3 Å². The van der Waals surface area contributed by atoms with E-state index in [9.17, 15) is 4.79 Å². The quantitative estimate of drug-likeness (QED) is 0.799. The molecular formula is C13H27ClN2O. The number of nitrogens with two attached hydrogens (primary N) is 1. The molecule has 0 aromatic heterocycles. The second-order valence-electron chi connectivity index (χ2n) is 5.17. The average Bonchev–Trinajstić information content (AvgIpc) is 2.26. The maximum absolute atomic E-state index is 12.4. The van der Waals surface area contributed by atoms with Gasteiger partial charge in [-0.3, -0.25) is 4.79 Å².